The van der Waals surface area contributed by atoms with Crippen LogP contribution in [0.3, 0.4) is 0 Å². The number of anilines is 1. The first-order valence-electron chi connectivity index (χ1n) is 11.6. The molecule has 3 heterocycles. The molecule has 0 bridgehead atoms. The van der Waals surface area contributed by atoms with Crippen molar-refractivity contribution in [2.45, 2.75) is 25.7 Å². The third kappa shape index (κ3) is 4.66. The molecule has 6 nitrogen and oxygen atoms in total. The highest BCUT2D eigenvalue weighted by molar-refractivity contribution is 5.87. The molecular weight excluding hydrogens is 410 g/mol. The number of benzene rings is 2. The van der Waals surface area contributed by atoms with E-state index in [1.165, 1.54) is 31.5 Å². The molecule has 2 aromatic heterocycles. The van der Waals surface area contributed by atoms with Crippen LogP contribution >= 0.6 is 0 Å². The van der Waals surface area contributed by atoms with Gasteiger partial charge in [0.25, 0.3) is 0 Å². The molecule has 1 fully saturated rings. The van der Waals surface area contributed by atoms with E-state index in [2.05, 4.69) is 50.2 Å². The van der Waals surface area contributed by atoms with Gasteiger partial charge in [-0.05, 0) is 74.6 Å². The van der Waals surface area contributed by atoms with Crippen molar-refractivity contribution in [1.82, 2.24) is 19.9 Å². The predicted molar refractivity (Wildman–Crippen MR) is 133 cm³/mol. The van der Waals surface area contributed by atoms with E-state index in [4.69, 9.17) is 10.5 Å². The molecule has 0 spiro atoms. The Kier molecular flexibility index (Phi) is 6.17. The summed E-state index contributed by atoms with van der Waals surface area (Å²) in [6.45, 7) is 3.62. The zero-order valence-corrected chi connectivity index (χ0v) is 19.0. The van der Waals surface area contributed by atoms with Crippen LogP contribution in [0.4, 0.5) is 5.95 Å². The summed E-state index contributed by atoms with van der Waals surface area (Å²) in [4.78, 5) is 16.0. The summed E-state index contributed by atoms with van der Waals surface area (Å²) in [5, 5.41) is 1.06. The zero-order valence-electron chi connectivity index (χ0n) is 19.0. The molecule has 0 amide bonds. The minimum atomic E-state index is 0.243. The Morgan fingerprint density at radius 1 is 0.970 bits per heavy atom. The van der Waals surface area contributed by atoms with Crippen LogP contribution in [0.25, 0.3) is 33.3 Å². The van der Waals surface area contributed by atoms with Gasteiger partial charge in [0, 0.05) is 28.9 Å². The van der Waals surface area contributed by atoms with Gasteiger partial charge in [-0.25, -0.2) is 9.97 Å². The van der Waals surface area contributed by atoms with E-state index in [0.717, 1.165) is 58.4 Å². The first-order valence-corrected chi connectivity index (χ1v) is 11.6. The molecule has 6 heteroatoms. The quantitative estimate of drug-likeness (QED) is 0.438. The molecular formula is C27H29N5O. The summed E-state index contributed by atoms with van der Waals surface area (Å²) < 4.78 is 5.77. The van der Waals surface area contributed by atoms with E-state index < -0.39 is 0 Å². The second kappa shape index (κ2) is 9.55. The molecule has 1 aliphatic rings. The predicted octanol–water partition coefficient (Wildman–Crippen LogP) is 4.98. The van der Waals surface area contributed by atoms with Crippen molar-refractivity contribution in [1.29, 1.82) is 0 Å². The summed E-state index contributed by atoms with van der Waals surface area (Å²) >= 11 is 0. The van der Waals surface area contributed by atoms with Crippen molar-refractivity contribution in [3.63, 3.8) is 0 Å². The highest BCUT2D eigenvalue weighted by Gasteiger charge is 2.15. The molecule has 4 aromatic rings. The minimum Gasteiger partial charge on any atom is -0.496 e. The average Bonchev–Trinajstić information content (AvgIpc) is 3.37. The zero-order chi connectivity index (χ0) is 22.6. The number of ether oxygens (including phenoxy) is 1. The number of aromatic nitrogens is 3. The van der Waals surface area contributed by atoms with Gasteiger partial charge in [0.2, 0.25) is 5.95 Å². The Morgan fingerprint density at radius 2 is 1.82 bits per heavy atom. The topological polar surface area (TPSA) is 77.2 Å². The van der Waals surface area contributed by atoms with Gasteiger partial charge in [0.05, 0.1) is 18.3 Å². The fourth-order valence-electron chi connectivity index (χ4n) is 4.65. The van der Waals surface area contributed by atoms with Crippen LogP contribution < -0.4 is 10.5 Å². The number of para-hydroxylation sites is 1. The lowest BCUT2D eigenvalue weighted by molar-refractivity contribution is 0.332. The molecule has 2 N–H and O–H groups in total. The Hall–Kier alpha value is -3.51. The SMILES string of the molecule is COc1cc(-c2cnc(N)nc2-c2cnc3ccccc3c2)ccc1CCCN1CCCC1. The van der Waals surface area contributed by atoms with E-state index in [1.54, 1.807) is 13.3 Å². The lowest BCUT2D eigenvalue weighted by Crippen LogP contribution is -2.20. The maximum Gasteiger partial charge on any atom is 0.220 e. The molecule has 0 radical (unpaired) electrons. The maximum atomic E-state index is 5.97. The third-order valence-corrected chi connectivity index (χ3v) is 6.39. The summed E-state index contributed by atoms with van der Waals surface area (Å²) in [5.74, 6) is 1.14. The smallest absolute Gasteiger partial charge is 0.220 e. The number of nitrogens with two attached hydrogens (primary N) is 1. The Balaban J connectivity index is 1.46. The number of nitrogens with zero attached hydrogens (tertiary/aromatic N) is 4. The molecule has 0 unspecified atom stereocenters. The van der Waals surface area contributed by atoms with Crippen molar-refractivity contribution in [2.75, 3.05) is 32.5 Å². The van der Waals surface area contributed by atoms with E-state index >= 15 is 0 Å². The molecule has 0 saturated carbocycles. The number of likely N-dealkylation sites (tertiary alicyclic amines) is 1. The van der Waals surface area contributed by atoms with Gasteiger partial charge in [-0.1, -0.05) is 30.3 Å². The molecule has 0 atom stereocenters. The highest BCUT2D eigenvalue weighted by atomic mass is 16.5. The van der Waals surface area contributed by atoms with Gasteiger partial charge in [-0.15, -0.1) is 0 Å². The molecule has 33 heavy (non-hydrogen) atoms. The molecule has 1 aliphatic heterocycles. The van der Waals surface area contributed by atoms with Crippen LogP contribution in [0.2, 0.25) is 0 Å². The van der Waals surface area contributed by atoms with Gasteiger partial charge in [0.15, 0.2) is 0 Å². The summed E-state index contributed by atoms with van der Waals surface area (Å²) in [5.41, 5.74) is 11.7. The molecule has 5 rings (SSSR count). The number of rotatable bonds is 7. The average molecular weight is 440 g/mol. The maximum absolute atomic E-state index is 5.97. The number of pyridine rings is 1. The van der Waals surface area contributed by atoms with Gasteiger partial charge < -0.3 is 15.4 Å². The van der Waals surface area contributed by atoms with Crippen LogP contribution in [0.15, 0.2) is 60.9 Å². The van der Waals surface area contributed by atoms with Gasteiger partial charge >= 0.3 is 0 Å². The number of nitrogen functional groups attached to an aromatic ring is 1. The Labute approximate surface area is 194 Å². The molecule has 168 valence electrons. The Bertz CT molecular complexity index is 1270. The third-order valence-electron chi connectivity index (χ3n) is 6.39. The van der Waals surface area contributed by atoms with Gasteiger partial charge in [0.1, 0.15) is 5.75 Å². The molecule has 1 saturated heterocycles. The summed E-state index contributed by atoms with van der Waals surface area (Å²) in [6, 6.07) is 16.5. The van der Waals surface area contributed by atoms with E-state index in [0.29, 0.717) is 0 Å². The first-order chi connectivity index (χ1) is 16.2. The normalized spacial score (nSPS) is 14.1. The summed E-state index contributed by atoms with van der Waals surface area (Å²) in [6.07, 6.45) is 8.42. The minimum absolute atomic E-state index is 0.243. The monoisotopic (exact) mass is 439 g/mol. The fourth-order valence-corrected chi connectivity index (χ4v) is 4.65. The lowest BCUT2D eigenvalue weighted by atomic mass is 9.98. The molecule has 2 aromatic carbocycles. The van der Waals surface area contributed by atoms with Crippen LogP contribution in [0, 0.1) is 0 Å². The van der Waals surface area contributed by atoms with Gasteiger partial charge in [-0.2, -0.15) is 0 Å². The van der Waals surface area contributed by atoms with E-state index in [9.17, 15) is 0 Å². The first kappa shape index (κ1) is 21.3. The van der Waals surface area contributed by atoms with Crippen molar-refractivity contribution in [3.05, 3.63) is 66.5 Å². The van der Waals surface area contributed by atoms with Crippen molar-refractivity contribution >= 4 is 16.9 Å². The van der Waals surface area contributed by atoms with Gasteiger partial charge in [-0.3, -0.25) is 4.98 Å². The summed E-state index contributed by atoms with van der Waals surface area (Å²) in [7, 11) is 1.73. The second-order valence-corrected chi connectivity index (χ2v) is 8.59. The van der Waals surface area contributed by atoms with E-state index in [1.807, 2.05) is 24.4 Å². The number of fused-ring (bicyclic) bond motifs is 1. The number of methoxy groups -OCH3 is 1. The molecule has 0 aliphatic carbocycles. The number of aryl methyl sites for hydroxylation is 1. The van der Waals surface area contributed by atoms with E-state index in [-0.39, 0.29) is 5.95 Å². The second-order valence-electron chi connectivity index (χ2n) is 8.59. The van der Waals surface area contributed by atoms with Crippen molar-refractivity contribution in [2.24, 2.45) is 0 Å². The largest absolute Gasteiger partial charge is 0.496 e. The van der Waals surface area contributed by atoms with Crippen LogP contribution in [-0.4, -0.2) is 46.6 Å². The standard InChI is InChI=1S/C27H29N5O/c1-33-25-16-20(11-10-19(25)8-6-14-32-12-4-5-13-32)23-18-30-27(28)31-26(23)22-15-21-7-2-3-9-24(21)29-17-22/h2-3,7,9-11,15-18H,4-6,8,12-14H2,1H3,(H2,28,30,31). The number of hydrogen-bond donors (Lipinski definition) is 1. The van der Waals surface area contributed by atoms with Crippen molar-refractivity contribution < 1.29 is 4.74 Å². The van der Waals surface area contributed by atoms with Crippen LogP contribution in [-0.2, 0) is 6.42 Å². The lowest BCUT2D eigenvalue weighted by Gasteiger charge is -2.16. The van der Waals surface area contributed by atoms with Crippen molar-refractivity contribution in [3.8, 4) is 28.1 Å². The van der Waals surface area contributed by atoms with Crippen LogP contribution in [0.1, 0.15) is 24.8 Å². The van der Waals surface area contributed by atoms with Crippen LogP contribution in [0.5, 0.6) is 5.75 Å². The highest BCUT2D eigenvalue weighted by Crippen LogP contribution is 2.34. The Morgan fingerprint density at radius 3 is 2.67 bits per heavy atom. The number of hydrogen-bond acceptors (Lipinski definition) is 6. The fraction of sp³-hybridized carbons (Fsp3) is 0.296.